The van der Waals surface area contributed by atoms with Gasteiger partial charge in [0.05, 0.1) is 12.9 Å². The smallest absolute Gasteiger partial charge is 0.119 e. The third kappa shape index (κ3) is 3.37. The van der Waals surface area contributed by atoms with Crippen molar-refractivity contribution in [3.63, 3.8) is 0 Å². The van der Waals surface area contributed by atoms with E-state index >= 15 is 0 Å². The lowest BCUT2D eigenvalue weighted by atomic mass is 10.0. The summed E-state index contributed by atoms with van der Waals surface area (Å²) in [6.45, 7) is 2.82. The first-order valence-corrected chi connectivity index (χ1v) is 6.30. The molecule has 18 heavy (non-hydrogen) atoms. The Kier molecular flexibility index (Phi) is 4.42. The minimum Gasteiger partial charge on any atom is -0.494 e. The van der Waals surface area contributed by atoms with Crippen LogP contribution >= 0.6 is 0 Å². The fourth-order valence-electron chi connectivity index (χ4n) is 1.82. The van der Waals surface area contributed by atoms with E-state index in [1.165, 1.54) is 0 Å². The zero-order valence-corrected chi connectivity index (χ0v) is 10.6. The van der Waals surface area contributed by atoms with Crippen molar-refractivity contribution in [1.82, 2.24) is 0 Å². The molecule has 0 aliphatic rings. The molecule has 0 aliphatic heterocycles. The molecule has 2 rings (SSSR count). The van der Waals surface area contributed by atoms with Gasteiger partial charge in [-0.05, 0) is 36.2 Å². The zero-order chi connectivity index (χ0) is 12.8. The molecule has 0 aliphatic carbocycles. The van der Waals surface area contributed by atoms with Gasteiger partial charge in [0.25, 0.3) is 0 Å². The molecule has 3 nitrogen and oxygen atoms in total. The Bertz CT molecular complexity index is 465. The fourth-order valence-corrected chi connectivity index (χ4v) is 1.82. The molecule has 0 amide bonds. The molecule has 0 bridgehead atoms. The summed E-state index contributed by atoms with van der Waals surface area (Å²) >= 11 is 0. The van der Waals surface area contributed by atoms with E-state index in [0.717, 1.165) is 30.1 Å². The molecule has 1 aromatic carbocycles. The van der Waals surface area contributed by atoms with Crippen LogP contribution < -0.4 is 10.5 Å². The van der Waals surface area contributed by atoms with E-state index in [1.807, 2.05) is 36.4 Å². The number of benzene rings is 1. The van der Waals surface area contributed by atoms with Crippen LogP contribution in [0.1, 0.15) is 30.7 Å². The predicted octanol–water partition coefficient (Wildman–Crippen LogP) is 3.31. The quantitative estimate of drug-likeness (QED) is 0.849. The highest BCUT2D eigenvalue weighted by Crippen LogP contribution is 2.21. The predicted molar refractivity (Wildman–Crippen MR) is 71.6 cm³/mol. The van der Waals surface area contributed by atoms with Crippen LogP contribution in [0.15, 0.2) is 47.1 Å². The molecule has 1 aromatic heterocycles. The summed E-state index contributed by atoms with van der Waals surface area (Å²) in [6, 6.07) is 11.7. The van der Waals surface area contributed by atoms with Gasteiger partial charge in [0.1, 0.15) is 11.5 Å². The van der Waals surface area contributed by atoms with Crippen molar-refractivity contribution in [3.8, 4) is 5.75 Å². The van der Waals surface area contributed by atoms with Crippen LogP contribution in [0.5, 0.6) is 5.75 Å². The first kappa shape index (κ1) is 12.7. The van der Waals surface area contributed by atoms with E-state index < -0.39 is 0 Å². The van der Waals surface area contributed by atoms with Gasteiger partial charge in [0.15, 0.2) is 0 Å². The largest absolute Gasteiger partial charge is 0.494 e. The van der Waals surface area contributed by atoms with Gasteiger partial charge in [0.2, 0.25) is 0 Å². The molecule has 0 radical (unpaired) electrons. The molecular formula is C15H19NO2. The SMILES string of the molecule is CCCOc1cccc(C(N)Cc2ccco2)c1. The van der Waals surface area contributed by atoms with Gasteiger partial charge < -0.3 is 14.9 Å². The summed E-state index contributed by atoms with van der Waals surface area (Å²) in [7, 11) is 0. The molecule has 0 spiro atoms. The van der Waals surface area contributed by atoms with E-state index in [0.29, 0.717) is 6.42 Å². The van der Waals surface area contributed by atoms with Crippen molar-refractivity contribution in [2.24, 2.45) is 5.73 Å². The van der Waals surface area contributed by atoms with Crippen LogP contribution in [-0.2, 0) is 6.42 Å². The van der Waals surface area contributed by atoms with Gasteiger partial charge in [-0.1, -0.05) is 19.1 Å². The van der Waals surface area contributed by atoms with E-state index in [-0.39, 0.29) is 6.04 Å². The minimum absolute atomic E-state index is 0.0682. The Labute approximate surface area is 108 Å². The molecule has 0 fully saturated rings. The summed E-state index contributed by atoms with van der Waals surface area (Å²) in [6.07, 6.45) is 3.37. The van der Waals surface area contributed by atoms with Crippen molar-refractivity contribution in [2.45, 2.75) is 25.8 Å². The maximum Gasteiger partial charge on any atom is 0.119 e. The first-order valence-electron chi connectivity index (χ1n) is 6.30. The van der Waals surface area contributed by atoms with E-state index in [4.69, 9.17) is 14.9 Å². The van der Waals surface area contributed by atoms with Crippen LogP contribution in [0, 0.1) is 0 Å². The fraction of sp³-hybridized carbons (Fsp3) is 0.333. The molecule has 0 saturated heterocycles. The molecule has 0 saturated carbocycles. The van der Waals surface area contributed by atoms with Crippen molar-refractivity contribution in [3.05, 3.63) is 54.0 Å². The van der Waals surface area contributed by atoms with Gasteiger partial charge in [-0.2, -0.15) is 0 Å². The summed E-state index contributed by atoms with van der Waals surface area (Å²) in [5.41, 5.74) is 7.24. The Morgan fingerprint density at radius 3 is 2.89 bits per heavy atom. The van der Waals surface area contributed by atoms with Gasteiger partial charge in [-0.25, -0.2) is 0 Å². The van der Waals surface area contributed by atoms with Crippen molar-refractivity contribution >= 4 is 0 Å². The van der Waals surface area contributed by atoms with Gasteiger partial charge >= 0.3 is 0 Å². The van der Waals surface area contributed by atoms with Crippen LogP contribution in [0.2, 0.25) is 0 Å². The van der Waals surface area contributed by atoms with E-state index in [1.54, 1.807) is 6.26 Å². The Hall–Kier alpha value is -1.74. The number of ether oxygens (including phenoxy) is 1. The summed E-state index contributed by atoms with van der Waals surface area (Å²) in [5, 5.41) is 0. The molecule has 2 N–H and O–H groups in total. The molecule has 1 heterocycles. The van der Waals surface area contributed by atoms with Crippen molar-refractivity contribution < 1.29 is 9.15 Å². The minimum atomic E-state index is -0.0682. The molecule has 1 unspecified atom stereocenters. The molecular weight excluding hydrogens is 226 g/mol. The van der Waals surface area contributed by atoms with Gasteiger partial charge in [-0.3, -0.25) is 0 Å². The topological polar surface area (TPSA) is 48.4 Å². The van der Waals surface area contributed by atoms with Crippen LogP contribution in [-0.4, -0.2) is 6.61 Å². The average molecular weight is 245 g/mol. The molecule has 96 valence electrons. The Morgan fingerprint density at radius 2 is 2.17 bits per heavy atom. The van der Waals surface area contributed by atoms with E-state index in [9.17, 15) is 0 Å². The second-order valence-corrected chi connectivity index (χ2v) is 4.31. The number of rotatable bonds is 6. The second kappa shape index (κ2) is 6.26. The highest BCUT2D eigenvalue weighted by atomic mass is 16.5. The van der Waals surface area contributed by atoms with Crippen LogP contribution in [0.25, 0.3) is 0 Å². The van der Waals surface area contributed by atoms with E-state index in [2.05, 4.69) is 6.92 Å². The normalized spacial score (nSPS) is 12.3. The van der Waals surface area contributed by atoms with Gasteiger partial charge in [0, 0.05) is 12.5 Å². The summed E-state index contributed by atoms with van der Waals surface area (Å²) < 4.78 is 10.9. The second-order valence-electron chi connectivity index (χ2n) is 4.31. The molecule has 1 atom stereocenters. The lowest BCUT2D eigenvalue weighted by Crippen LogP contribution is -2.13. The third-order valence-electron chi connectivity index (χ3n) is 2.76. The van der Waals surface area contributed by atoms with Crippen molar-refractivity contribution in [1.29, 1.82) is 0 Å². The standard InChI is InChI=1S/C15H19NO2/c1-2-8-17-13-6-3-5-12(10-13)15(16)11-14-7-4-9-18-14/h3-7,9-10,15H,2,8,11,16H2,1H3. The highest BCUT2D eigenvalue weighted by Gasteiger charge is 2.09. The first-order chi connectivity index (χ1) is 8.79. The zero-order valence-electron chi connectivity index (χ0n) is 10.6. The average Bonchev–Trinajstić information content (AvgIpc) is 2.89. The number of nitrogens with two attached hydrogens (primary N) is 1. The number of furan rings is 1. The lowest BCUT2D eigenvalue weighted by Gasteiger charge is -2.12. The highest BCUT2D eigenvalue weighted by molar-refractivity contribution is 5.31. The maximum absolute atomic E-state index is 6.17. The van der Waals surface area contributed by atoms with Crippen LogP contribution in [0.3, 0.4) is 0 Å². The maximum atomic E-state index is 6.17. The summed E-state index contributed by atoms with van der Waals surface area (Å²) in [5.74, 6) is 1.78. The Morgan fingerprint density at radius 1 is 1.28 bits per heavy atom. The Balaban J connectivity index is 2.03. The number of hydrogen-bond acceptors (Lipinski definition) is 3. The van der Waals surface area contributed by atoms with Crippen LogP contribution in [0.4, 0.5) is 0 Å². The van der Waals surface area contributed by atoms with Crippen molar-refractivity contribution in [2.75, 3.05) is 6.61 Å². The van der Waals surface area contributed by atoms with Gasteiger partial charge in [-0.15, -0.1) is 0 Å². The monoisotopic (exact) mass is 245 g/mol. The molecule has 3 heteroatoms. The summed E-state index contributed by atoms with van der Waals surface area (Å²) in [4.78, 5) is 0. The number of hydrogen-bond donors (Lipinski definition) is 1. The molecule has 2 aromatic rings. The third-order valence-corrected chi connectivity index (χ3v) is 2.76. The lowest BCUT2D eigenvalue weighted by molar-refractivity contribution is 0.317.